The molecule has 1 aromatic carbocycles. The van der Waals surface area contributed by atoms with Gasteiger partial charge < -0.3 is 19.8 Å². The van der Waals surface area contributed by atoms with Gasteiger partial charge in [-0.15, -0.1) is 0 Å². The Bertz CT molecular complexity index is 492. The Labute approximate surface area is 101 Å². The van der Waals surface area contributed by atoms with E-state index < -0.39 is 0 Å². The smallest absolute Gasteiger partial charge is 0.162 e. The molecule has 0 saturated carbocycles. The van der Waals surface area contributed by atoms with Gasteiger partial charge in [-0.25, -0.2) is 0 Å². The van der Waals surface area contributed by atoms with E-state index in [0.717, 1.165) is 22.7 Å². The average Bonchev–Trinajstić information content (AvgIpc) is 2.90. The van der Waals surface area contributed by atoms with E-state index in [4.69, 9.17) is 9.47 Å². The fraction of sp³-hybridized carbons (Fsp3) is 0.231. The molecular weight excluding hydrogens is 216 g/mol. The number of hydrogen-bond donors (Lipinski definition) is 1. The minimum absolute atomic E-state index is 0.702. The topological polar surface area (TPSA) is 51.0 Å². The van der Waals surface area contributed by atoms with E-state index >= 15 is 0 Å². The zero-order valence-corrected chi connectivity index (χ0v) is 10.1. The van der Waals surface area contributed by atoms with Gasteiger partial charge in [0.2, 0.25) is 0 Å². The van der Waals surface area contributed by atoms with Crippen molar-refractivity contribution in [3.8, 4) is 17.2 Å². The second-order valence-corrected chi connectivity index (χ2v) is 3.68. The van der Waals surface area contributed by atoms with Gasteiger partial charge in [-0.3, -0.25) is 0 Å². The van der Waals surface area contributed by atoms with Gasteiger partial charge in [0.25, 0.3) is 0 Å². The van der Waals surface area contributed by atoms with Crippen molar-refractivity contribution in [2.75, 3.05) is 14.2 Å². The first-order valence-corrected chi connectivity index (χ1v) is 5.47. The van der Waals surface area contributed by atoms with Crippen LogP contribution in [0.4, 0.5) is 0 Å². The Morgan fingerprint density at radius 2 is 1.65 bits per heavy atom. The highest BCUT2D eigenvalue weighted by atomic mass is 16.5. The van der Waals surface area contributed by atoms with Crippen molar-refractivity contribution >= 4 is 0 Å². The molecule has 2 rings (SSSR count). The van der Waals surface area contributed by atoms with Crippen LogP contribution >= 0.6 is 0 Å². The number of benzene rings is 1. The molecule has 0 bridgehead atoms. The molecular formula is C13H17N2O2+. The number of nitrogens with zero attached hydrogens (tertiary/aromatic N) is 1. The van der Waals surface area contributed by atoms with Crippen molar-refractivity contribution in [3.05, 3.63) is 42.2 Å². The van der Waals surface area contributed by atoms with E-state index in [1.165, 1.54) is 0 Å². The third kappa shape index (κ3) is 2.12. The molecule has 4 heteroatoms. The highest BCUT2D eigenvalue weighted by molar-refractivity contribution is 5.54. The summed E-state index contributed by atoms with van der Waals surface area (Å²) in [4.78, 5) is 0. The van der Waals surface area contributed by atoms with Gasteiger partial charge in [0.05, 0.1) is 19.9 Å². The normalized spacial score (nSPS) is 10.3. The molecule has 90 valence electrons. The van der Waals surface area contributed by atoms with Gasteiger partial charge in [-0.1, -0.05) is 0 Å². The van der Waals surface area contributed by atoms with Crippen LogP contribution in [-0.4, -0.2) is 18.8 Å². The predicted octanol–water partition coefficient (Wildman–Crippen LogP) is 1.24. The summed E-state index contributed by atoms with van der Waals surface area (Å²) in [5.74, 6) is 1.47. The lowest BCUT2D eigenvalue weighted by atomic mass is 10.1. The maximum Gasteiger partial charge on any atom is 0.162 e. The zero-order valence-electron chi connectivity index (χ0n) is 10.1. The quantitative estimate of drug-likeness (QED) is 0.863. The highest BCUT2D eigenvalue weighted by Gasteiger charge is 2.12. The zero-order chi connectivity index (χ0) is 12.3. The Morgan fingerprint density at radius 1 is 1.06 bits per heavy atom. The van der Waals surface area contributed by atoms with Gasteiger partial charge in [-0.05, 0) is 18.2 Å². The summed E-state index contributed by atoms with van der Waals surface area (Å²) >= 11 is 0. The maximum absolute atomic E-state index is 5.32. The van der Waals surface area contributed by atoms with E-state index in [9.17, 15) is 0 Å². The molecule has 17 heavy (non-hydrogen) atoms. The lowest BCUT2D eigenvalue weighted by Crippen LogP contribution is -2.47. The minimum Gasteiger partial charge on any atom is -0.493 e. The van der Waals surface area contributed by atoms with Gasteiger partial charge in [0.1, 0.15) is 6.54 Å². The summed E-state index contributed by atoms with van der Waals surface area (Å²) in [7, 11) is 3.28. The molecule has 4 nitrogen and oxygen atoms in total. The maximum atomic E-state index is 5.32. The van der Waals surface area contributed by atoms with Crippen molar-refractivity contribution in [2.24, 2.45) is 0 Å². The minimum atomic E-state index is 0.702. The number of rotatable bonds is 4. The molecule has 0 radical (unpaired) electrons. The molecule has 0 unspecified atom stereocenters. The Morgan fingerprint density at radius 3 is 2.18 bits per heavy atom. The van der Waals surface area contributed by atoms with Crippen LogP contribution in [0.2, 0.25) is 0 Å². The van der Waals surface area contributed by atoms with Gasteiger partial charge in [0.15, 0.2) is 11.5 Å². The average molecular weight is 233 g/mol. The summed E-state index contributed by atoms with van der Waals surface area (Å²) < 4.78 is 12.6. The van der Waals surface area contributed by atoms with E-state index in [2.05, 4.69) is 5.73 Å². The number of quaternary nitrogens is 1. The van der Waals surface area contributed by atoms with Crippen LogP contribution in [-0.2, 0) is 6.54 Å². The highest BCUT2D eigenvalue weighted by Crippen LogP contribution is 2.32. The van der Waals surface area contributed by atoms with Crippen LogP contribution < -0.4 is 15.2 Å². The molecule has 0 amide bonds. The monoisotopic (exact) mass is 233 g/mol. The molecule has 0 atom stereocenters. The Balaban J connectivity index is 2.58. The van der Waals surface area contributed by atoms with Crippen LogP contribution in [0.25, 0.3) is 5.69 Å². The van der Waals surface area contributed by atoms with Crippen LogP contribution in [0.1, 0.15) is 5.56 Å². The molecule has 0 aliphatic carbocycles. The Kier molecular flexibility index (Phi) is 3.35. The number of methoxy groups -OCH3 is 2. The second-order valence-electron chi connectivity index (χ2n) is 3.68. The fourth-order valence-electron chi connectivity index (χ4n) is 1.85. The van der Waals surface area contributed by atoms with E-state index in [1.54, 1.807) is 14.2 Å². The van der Waals surface area contributed by atoms with E-state index in [-0.39, 0.29) is 0 Å². The standard InChI is InChI=1S/C13H16N2O2/c1-16-12-7-10(9-14)11(8-13(12)17-2)15-5-3-4-6-15/h3-8H,9,14H2,1-2H3/p+1. The second kappa shape index (κ2) is 4.93. The number of aromatic nitrogens is 1. The SMILES string of the molecule is COc1cc(C[NH3+])c(-n2cccc2)cc1OC. The molecule has 0 aliphatic heterocycles. The lowest BCUT2D eigenvalue weighted by molar-refractivity contribution is -0.386. The molecule has 3 N–H and O–H groups in total. The Hall–Kier alpha value is -1.94. The fourth-order valence-corrected chi connectivity index (χ4v) is 1.85. The predicted molar refractivity (Wildman–Crippen MR) is 65.5 cm³/mol. The summed E-state index contributed by atoms with van der Waals surface area (Å²) in [5.41, 5.74) is 6.14. The molecule has 2 aromatic rings. The van der Waals surface area contributed by atoms with Crippen LogP contribution in [0.15, 0.2) is 36.7 Å². The van der Waals surface area contributed by atoms with E-state index in [0.29, 0.717) is 6.54 Å². The van der Waals surface area contributed by atoms with Crippen LogP contribution in [0.3, 0.4) is 0 Å². The van der Waals surface area contributed by atoms with Gasteiger partial charge in [-0.2, -0.15) is 0 Å². The molecule has 0 saturated heterocycles. The summed E-state index contributed by atoms with van der Waals surface area (Å²) in [6, 6.07) is 7.92. The van der Waals surface area contributed by atoms with Crippen molar-refractivity contribution in [2.45, 2.75) is 6.54 Å². The van der Waals surface area contributed by atoms with Gasteiger partial charge >= 0.3 is 0 Å². The molecule has 0 spiro atoms. The largest absolute Gasteiger partial charge is 0.493 e. The summed E-state index contributed by atoms with van der Waals surface area (Å²) in [6.07, 6.45) is 4.00. The van der Waals surface area contributed by atoms with Crippen molar-refractivity contribution in [1.82, 2.24) is 4.57 Å². The van der Waals surface area contributed by atoms with E-state index in [1.807, 2.05) is 41.2 Å². The van der Waals surface area contributed by atoms with Crippen molar-refractivity contribution in [3.63, 3.8) is 0 Å². The van der Waals surface area contributed by atoms with Gasteiger partial charge in [0, 0.05) is 24.0 Å². The number of hydrogen-bond acceptors (Lipinski definition) is 2. The summed E-state index contributed by atoms with van der Waals surface area (Å²) in [5, 5.41) is 0. The summed E-state index contributed by atoms with van der Waals surface area (Å²) in [6.45, 7) is 0.702. The van der Waals surface area contributed by atoms with Crippen LogP contribution in [0.5, 0.6) is 11.5 Å². The first kappa shape index (κ1) is 11.5. The van der Waals surface area contributed by atoms with Crippen molar-refractivity contribution < 1.29 is 15.2 Å². The number of ether oxygens (including phenoxy) is 2. The molecule has 0 aliphatic rings. The van der Waals surface area contributed by atoms with Crippen molar-refractivity contribution in [1.29, 1.82) is 0 Å². The molecule has 0 fully saturated rings. The molecule has 1 heterocycles. The first-order valence-electron chi connectivity index (χ1n) is 5.47. The first-order chi connectivity index (χ1) is 8.30. The third-order valence-electron chi connectivity index (χ3n) is 2.74. The lowest BCUT2D eigenvalue weighted by Gasteiger charge is -2.13. The molecule has 1 aromatic heterocycles. The third-order valence-corrected chi connectivity index (χ3v) is 2.74. The van der Waals surface area contributed by atoms with Crippen LogP contribution in [0, 0.1) is 0 Å².